The summed E-state index contributed by atoms with van der Waals surface area (Å²) in [6.07, 6.45) is 0. The Morgan fingerprint density at radius 2 is 1.74 bits per heavy atom. The summed E-state index contributed by atoms with van der Waals surface area (Å²) in [7, 11) is 0. The summed E-state index contributed by atoms with van der Waals surface area (Å²) in [5, 5.41) is 9.65. The summed E-state index contributed by atoms with van der Waals surface area (Å²) >= 11 is 0. The number of benzene rings is 3. The molecule has 3 aromatic rings. The van der Waals surface area contributed by atoms with E-state index in [1.807, 2.05) is 30.3 Å². The number of amides is 1. The fourth-order valence-corrected chi connectivity index (χ4v) is 3.20. The van der Waals surface area contributed by atoms with E-state index in [2.05, 4.69) is 6.07 Å². The van der Waals surface area contributed by atoms with Gasteiger partial charge >= 0.3 is 0 Å². The first kappa shape index (κ1) is 16.8. The third kappa shape index (κ3) is 3.13. The molecule has 0 aliphatic carbocycles. The minimum atomic E-state index is -0.786. The van der Waals surface area contributed by atoms with Crippen molar-refractivity contribution >= 4 is 5.91 Å². The van der Waals surface area contributed by atoms with Gasteiger partial charge in [0.05, 0.1) is 12.6 Å². The summed E-state index contributed by atoms with van der Waals surface area (Å²) in [6.45, 7) is 0.0350. The van der Waals surface area contributed by atoms with Gasteiger partial charge in [-0.1, -0.05) is 36.4 Å². The molecule has 1 heterocycles. The van der Waals surface area contributed by atoms with E-state index in [9.17, 15) is 14.4 Å². The summed E-state index contributed by atoms with van der Waals surface area (Å²) < 4.78 is 19.8. The molecule has 4 rings (SSSR count). The van der Waals surface area contributed by atoms with Gasteiger partial charge in [-0.2, -0.15) is 5.26 Å². The molecule has 1 unspecified atom stereocenters. The maximum absolute atomic E-state index is 14.0. The highest BCUT2D eigenvalue weighted by Gasteiger charge is 2.37. The molecule has 1 atom stereocenters. The molecule has 0 saturated carbocycles. The molecule has 5 heteroatoms. The van der Waals surface area contributed by atoms with E-state index in [1.165, 1.54) is 11.0 Å². The van der Waals surface area contributed by atoms with E-state index >= 15 is 0 Å². The van der Waals surface area contributed by atoms with Gasteiger partial charge in [-0.15, -0.1) is 0 Å². The van der Waals surface area contributed by atoms with Gasteiger partial charge in [0.2, 0.25) is 0 Å². The van der Waals surface area contributed by atoms with Crippen molar-refractivity contribution in [3.05, 3.63) is 95.3 Å². The molecule has 0 fully saturated rings. The van der Waals surface area contributed by atoms with Crippen LogP contribution in [0.4, 0.5) is 4.39 Å². The molecule has 1 amide bonds. The third-order valence-electron chi connectivity index (χ3n) is 4.52. The van der Waals surface area contributed by atoms with Crippen LogP contribution >= 0.6 is 0 Å². The van der Waals surface area contributed by atoms with Gasteiger partial charge in [-0.05, 0) is 36.4 Å². The third-order valence-corrected chi connectivity index (χ3v) is 4.52. The van der Waals surface area contributed by atoms with Crippen LogP contribution in [0.3, 0.4) is 0 Å². The van der Waals surface area contributed by atoms with Gasteiger partial charge in [0, 0.05) is 16.7 Å². The topological polar surface area (TPSA) is 53.3 Å². The number of fused-ring (bicyclic) bond motifs is 1. The molecule has 1 aliphatic heterocycles. The van der Waals surface area contributed by atoms with Gasteiger partial charge in [-0.3, -0.25) is 4.79 Å². The predicted molar refractivity (Wildman–Crippen MR) is 97.6 cm³/mol. The second-order valence-electron chi connectivity index (χ2n) is 6.22. The second-order valence-corrected chi connectivity index (χ2v) is 6.22. The van der Waals surface area contributed by atoms with Crippen LogP contribution in [0.15, 0.2) is 72.8 Å². The van der Waals surface area contributed by atoms with Crippen molar-refractivity contribution in [3.63, 3.8) is 0 Å². The molecular weight excluding hydrogens is 343 g/mol. The first-order valence-corrected chi connectivity index (χ1v) is 8.48. The van der Waals surface area contributed by atoms with E-state index in [0.29, 0.717) is 28.2 Å². The van der Waals surface area contributed by atoms with Crippen LogP contribution in [0.25, 0.3) is 0 Å². The number of hydrogen-bond acceptors (Lipinski definition) is 3. The summed E-state index contributed by atoms with van der Waals surface area (Å²) in [6, 6.07) is 21.9. The van der Waals surface area contributed by atoms with Crippen molar-refractivity contribution in [2.45, 2.75) is 12.6 Å². The Morgan fingerprint density at radius 1 is 1.00 bits per heavy atom. The number of carbonyl (C=O) groups is 1. The highest BCUT2D eigenvalue weighted by molar-refractivity contribution is 5.99. The van der Waals surface area contributed by atoms with E-state index in [0.717, 1.165) is 0 Å². The zero-order valence-corrected chi connectivity index (χ0v) is 14.3. The Balaban J connectivity index is 1.65. The first-order valence-electron chi connectivity index (χ1n) is 8.48. The molecule has 27 heavy (non-hydrogen) atoms. The minimum Gasteiger partial charge on any atom is -0.457 e. The van der Waals surface area contributed by atoms with Crippen LogP contribution in [0.5, 0.6) is 11.5 Å². The van der Waals surface area contributed by atoms with E-state index in [1.54, 1.807) is 36.4 Å². The molecule has 4 nitrogen and oxygen atoms in total. The Morgan fingerprint density at radius 3 is 2.48 bits per heavy atom. The number of carbonyl (C=O) groups excluding carboxylic acids is 1. The van der Waals surface area contributed by atoms with Crippen LogP contribution in [0, 0.1) is 17.1 Å². The van der Waals surface area contributed by atoms with Gasteiger partial charge in [0.25, 0.3) is 5.91 Å². The van der Waals surface area contributed by atoms with Crippen molar-refractivity contribution in [1.82, 2.24) is 4.90 Å². The van der Waals surface area contributed by atoms with E-state index < -0.39 is 11.9 Å². The lowest BCUT2D eigenvalue weighted by Gasteiger charge is -2.20. The van der Waals surface area contributed by atoms with Crippen molar-refractivity contribution in [3.8, 4) is 17.6 Å². The fourth-order valence-electron chi connectivity index (χ4n) is 3.20. The van der Waals surface area contributed by atoms with Crippen LogP contribution in [-0.4, -0.2) is 10.8 Å². The van der Waals surface area contributed by atoms with Crippen LogP contribution < -0.4 is 4.74 Å². The quantitative estimate of drug-likeness (QED) is 0.671. The number of ether oxygens (including phenoxy) is 1. The van der Waals surface area contributed by atoms with Gasteiger partial charge in [0.1, 0.15) is 23.4 Å². The standard InChI is InChI=1S/C22H15FN2O2/c23-20-9-5-4-6-15(20)14-25-21(13-24)19-12-17(10-11-18(19)22(25)26)27-16-7-2-1-3-8-16/h1-12,21H,14H2. The van der Waals surface area contributed by atoms with E-state index in [-0.39, 0.29) is 12.5 Å². The number of nitriles is 1. The molecule has 0 saturated heterocycles. The van der Waals surface area contributed by atoms with Gasteiger partial charge in [0.15, 0.2) is 0 Å². The molecular formula is C22H15FN2O2. The summed E-state index contributed by atoms with van der Waals surface area (Å²) in [4.78, 5) is 14.1. The lowest BCUT2D eigenvalue weighted by molar-refractivity contribution is 0.0743. The number of rotatable bonds is 4. The Hall–Kier alpha value is -3.65. The summed E-state index contributed by atoms with van der Waals surface area (Å²) in [5.74, 6) is 0.524. The summed E-state index contributed by atoms with van der Waals surface area (Å²) in [5.41, 5.74) is 1.39. The van der Waals surface area contributed by atoms with Crippen LogP contribution in [0.1, 0.15) is 27.5 Å². The number of nitrogens with zero attached hydrogens (tertiary/aromatic N) is 2. The lowest BCUT2D eigenvalue weighted by atomic mass is 10.0. The largest absolute Gasteiger partial charge is 0.457 e. The molecule has 132 valence electrons. The molecule has 3 aromatic carbocycles. The maximum atomic E-state index is 14.0. The Bertz CT molecular complexity index is 1040. The Labute approximate surface area is 156 Å². The average Bonchev–Trinajstić information content (AvgIpc) is 2.95. The zero-order chi connectivity index (χ0) is 18.8. The monoisotopic (exact) mass is 358 g/mol. The predicted octanol–water partition coefficient (Wildman–Crippen LogP) is 4.84. The molecule has 0 bridgehead atoms. The average molecular weight is 358 g/mol. The molecule has 0 radical (unpaired) electrons. The number of halogens is 1. The van der Waals surface area contributed by atoms with Crippen molar-refractivity contribution in [2.75, 3.05) is 0 Å². The Kier molecular flexibility index (Phi) is 4.31. The first-order chi connectivity index (χ1) is 13.2. The minimum absolute atomic E-state index is 0.0350. The fraction of sp³-hybridized carbons (Fsp3) is 0.0909. The normalized spacial score (nSPS) is 15.3. The van der Waals surface area contributed by atoms with Crippen molar-refractivity contribution < 1.29 is 13.9 Å². The maximum Gasteiger partial charge on any atom is 0.255 e. The lowest BCUT2D eigenvalue weighted by Crippen LogP contribution is -2.27. The van der Waals surface area contributed by atoms with Crippen LogP contribution in [-0.2, 0) is 6.54 Å². The highest BCUT2D eigenvalue weighted by Crippen LogP contribution is 2.37. The molecule has 0 spiro atoms. The second kappa shape index (κ2) is 6.93. The number of hydrogen-bond donors (Lipinski definition) is 0. The molecule has 0 aromatic heterocycles. The van der Waals surface area contributed by atoms with E-state index in [4.69, 9.17) is 4.74 Å². The molecule has 1 aliphatic rings. The zero-order valence-electron chi connectivity index (χ0n) is 14.3. The highest BCUT2D eigenvalue weighted by atomic mass is 19.1. The van der Waals surface area contributed by atoms with Crippen molar-refractivity contribution in [1.29, 1.82) is 5.26 Å². The smallest absolute Gasteiger partial charge is 0.255 e. The SMILES string of the molecule is N#CC1c2cc(Oc3ccccc3)ccc2C(=O)N1Cc1ccccc1F. The van der Waals surface area contributed by atoms with Gasteiger partial charge in [-0.25, -0.2) is 4.39 Å². The van der Waals surface area contributed by atoms with Crippen LogP contribution in [0.2, 0.25) is 0 Å². The number of para-hydroxylation sites is 1. The van der Waals surface area contributed by atoms with Crippen molar-refractivity contribution in [2.24, 2.45) is 0 Å². The van der Waals surface area contributed by atoms with Gasteiger partial charge < -0.3 is 9.64 Å². The molecule has 0 N–H and O–H groups in total.